The van der Waals surface area contributed by atoms with Gasteiger partial charge in [-0.2, -0.15) is 0 Å². The summed E-state index contributed by atoms with van der Waals surface area (Å²) in [5.41, 5.74) is 0.486. The van der Waals surface area contributed by atoms with Crippen LogP contribution in [0.15, 0.2) is 28.7 Å². The van der Waals surface area contributed by atoms with Gasteiger partial charge < -0.3 is 10.2 Å². The molecule has 5 heteroatoms. The van der Waals surface area contributed by atoms with Crippen LogP contribution < -0.4 is 10.2 Å². The van der Waals surface area contributed by atoms with E-state index >= 15 is 0 Å². The highest BCUT2D eigenvalue weighted by atomic mass is 79.9. The van der Waals surface area contributed by atoms with Crippen LogP contribution in [-0.4, -0.2) is 24.4 Å². The minimum absolute atomic E-state index is 0.0600. The smallest absolute Gasteiger partial charge is 0.250 e. The predicted molar refractivity (Wildman–Crippen MR) is 82.5 cm³/mol. The summed E-state index contributed by atoms with van der Waals surface area (Å²) in [6.45, 7) is 6.28. The SMILES string of the molecule is CC(C)(C)C1NC(=O)CCN(c2ccccc2Br)C1=O. The monoisotopic (exact) mass is 338 g/mol. The van der Waals surface area contributed by atoms with Crippen LogP contribution in [0, 0.1) is 5.41 Å². The van der Waals surface area contributed by atoms with Crippen LogP contribution >= 0.6 is 15.9 Å². The van der Waals surface area contributed by atoms with E-state index in [1.165, 1.54) is 0 Å². The van der Waals surface area contributed by atoms with Crippen molar-refractivity contribution in [3.63, 3.8) is 0 Å². The predicted octanol–water partition coefficient (Wildman–Crippen LogP) is 2.72. The summed E-state index contributed by atoms with van der Waals surface area (Å²) in [6.07, 6.45) is 0.319. The fourth-order valence-corrected chi connectivity index (χ4v) is 2.77. The molecule has 0 bridgehead atoms. The van der Waals surface area contributed by atoms with Crippen LogP contribution in [0.4, 0.5) is 5.69 Å². The van der Waals surface area contributed by atoms with Crippen molar-refractivity contribution in [3.05, 3.63) is 28.7 Å². The number of carbonyl (C=O) groups is 2. The Morgan fingerprint density at radius 2 is 1.90 bits per heavy atom. The van der Waals surface area contributed by atoms with Crippen molar-refractivity contribution in [2.75, 3.05) is 11.4 Å². The third-order valence-corrected chi connectivity index (χ3v) is 4.06. The van der Waals surface area contributed by atoms with Gasteiger partial charge in [0, 0.05) is 17.4 Å². The van der Waals surface area contributed by atoms with E-state index in [0.29, 0.717) is 13.0 Å². The van der Waals surface area contributed by atoms with Crippen molar-refractivity contribution in [1.82, 2.24) is 5.32 Å². The molecule has 1 saturated heterocycles. The van der Waals surface area contributed by atoms with Crippen LogP contribution in [0.3, 0.4) is 0 Å². The molecule has 1 atom stereocenters. The number of nitrogens with zero attached hydrogens (tertiary/aromatic N) is 1. The summed E-state index contributed by atoms with van der Waals surface area (Å²) in [7, 11) is 0. The second-order valence-corrected chi connectivity index (χ2v) is 6.91. The Morgan fingerprint density at radius 1 is 1.25 bits per heavy atom. The summed E-state index contributed by atoms with van der Waals surface area (Å²) in [6, 6.07) is 7.07. The molecule has 4 nitrogen and oxygen atoms in total. The molecule has 1 heterocycles. The fraction of sp³-hybridized carbons (Fsp3) is 0.467. The van der Waals surface area contributed by atoms with Crippen molar-refractivity contribution in [2.24, 2.45) is 5.41 Å². The number of nitrogens with one attached hydrogen (secondary N) is 1. The Morgan fingerprint density at radius 3 is 2.50 bits per heavy atom. The molecule has 1 fully saturated rings. The van der Waals surface area contributed by atoms with Crippen LogP contribution in [0.5, 0.6) is 0 Å². The molecule has 1 aliphatic rings. The number of para-hydroxylation sites is 1. The van der Waals surface area contributed by atoms with Crippen molar-refractivity contribution < 1.29 is 9.59 Å². The lowest BCUT2D eigenvalue weighted by Crippen LogP contribution is -2.52. The number of carbonyl (C=O) groups excluding carboxylic acids is 2. The number of amides is 2. The third-order valence-electron chi connectivity index (χ3n) is 3.39. The number of hydrogen-bond acceptors (Lipinski definition) is 2. The van der Waals surface area contributed by atoms with Gasteiger partial charge in [-0.1, -0.05) is 32.9 Å². The maximum absolute atomic E-state index is 12.8. The lowest BCUT2D eigenvalue weighted by molar-refractivity contribution is -0.127. The standard InChI is InChI=1S/C15H19BrN2O2/c1-15(2,3)13-14(20)18(9-8-12(19)17-13)11-7-5-4-6-10(11)16/h4-7,13H,8-9H2,1-3H3,(H,17,19). The zero-order chi connectivity index (χ0) is 14.9. The fourth-order valence-electron chi connectivity index (χ4n) is 2.27. The van der Waals surface area contributed by atoms with Gasteiger partial charge in [0.1, 0.15) is 6.04 Å². The molecule has 0 spiro atoms. The first-order chi connectivity index (χ1) is 9.30. The normalized spacial score (nSPS) is 20.6. The molecule has 2 amide bonds. The van der Waals surface area contributed by atoms with Gasteiger partial charge in [0.25, 0.3) is 0 Å². The molecular weight excluding hydrogens is 320 g/mol. The highest BCUT2D eigenvalue weighted by Crippen LogP contribution is 2.30. The van der Waals surface area contributed by atoms with Crippen molar-refractivity contribution in [2.45, 2.75) is 33.2 Å². The second kappa shape index (κ2) is 5.56. The molecule has 0 saturated carbocycles. The Kier molecular flexibility index (Phi) is 4.18. The van der Waals surface area contributed by atoms with Crippen LogP contribution in [0.2, 0.25) is 0 Å². The molecule has 0 radical (unpaired) electrons. The number of benzene rings is 1. The third kappa shape index (κ3) is 3.03. The first kappa shape index (κ1) is 15.0. The van der Waals surface area contributed by atoms with Gasteiger partial charge in [0.15, 0.2) is 0 Å². The average Bonchev–Trinajstić information content (AvgIpc) is 2.50. The molecule has 20 heavy (non-hydrogen) atoms. The van der Waals surface area contributed by atoms with Gasteiger partial charge in [0.05, 0.1) is 5.69 Å². The summed E-state index contributed by atoms with van der Waals surface area (Å²) in [5.74, 6) is -0.136. The lowest BCUT2D eigenvalue weighted by atomic mass is 9.86. The van der Waals surface area contributed by atoms with Crippen molar-refractivity contribution >= 4 is 33.4 Å². The van der Waals surface area contributed by atoms with Gasteiger partial charge in [-0.3, -0.25) is 9.59 Å². The van der Waals surface area contributed by atoms with E-state index in [0.717, 1.165) is 10.2 Å². The Hall–Kier alpha value is -1.36. The minimum atomic E-state index is -0.510. The first-order valence-electron chi connectivity index (χ1n) is 6.66. The van der Waals surface area contributed by atoms with E-state index < -0.39 is 6.04 Å². The summed E-state index contributed by atoms with van der Waals surface area (Å²) < 4.78 is 0.857. The quantitative estimate of drug-likeness (QED) is 0.855. The van der Waals surface area contributed by atoms with E-state index in [9.17, 15) is 9.59 Å². The number of hydrogen-bond donors (Lipinski definition) is 1. The van der Waals surface area contributed by atoms with E-state index in [2.05, 4.69) is 21.2 Å². The minimum Gasteiger partial charge on any atom is -0.344 e. The van der Waals surface area contributed by atoms with E-state index in [1.807, 2.05) is 45.0 Å². The maximum atomic E-state index is 12.8. The highest BCUT2D eigenvalue weighted by Gasteiger charge is 2.38. The molecule has 0 aromatic heterocycles. The molecule has 1 aromatic carbocycles. The largest absolute Gasteiger partial charge is 0.344 e. The second-order valence-electron chi connectivity index (χ2n) is 6.06. The summed E-state index contributed by atoms with van der Waals surface area (Å²) in [4.78, 5) is 26.3. The number of halogens is 1. The van der Waals surface area contributed by atoms with Gasteiger partial charge >= 0.3 is 0 Å². The number of anilines is 1. The molecule has 108 valence electrons. The topological polar surface area (TPSA) is 49.4 Å². The Bertz CT molecular complexity index is 537. The van der Waals surface area contributed by atoms with Gasteiger partial charge in [-0.15, -0.1) is 0 Å². The highest BCUT2D eigenvalue weighted by molar-refractivity contribution is 9.10. The first-order valence-corrected chi connectivity index (χ1v) is 7.45. The molecule has 1 aromatic rings. The van der Waals surface area contributed by atoms with Crippen molar-refractivity contribution in [3.8, 4) is 0 Å². The molecule has 0 aliphatic carbocycles. The Balaban J connectivity index is 2.41. The molecule has 1 aliphatic heterocycles. The van der Waals surface area contributed by atoms with Crippen molar-refractivity contribution in [1.29, 1.82) is 0 Å². The molecule has 1 unspecified atom stereocenters. The Labute approximate surface area is 127 Å². The van der Waals surface area contributed by atoms with Crippen LogP contribution in [-0.2, 0) is 9.59 Å². The summed E-state index contributed by atoms with van der Waals surface area (Å²) in [5, 5.41) is 2.84. The zero-order valence-corrected chi connectivity index (χ0v) is 13.5. The average molecular weight is 339 g/mol. The zero-order valence-electron chi connectivity index (χ0n) is 11.9. The maximum Gasteiger partial charge on any atom is 0.250 e. The van der Waals surface area contributed by atoms with Gasteiger partial charge in [-0.25, -0.2) is 0 Å². The van der Waals surface area contributed by atoms with Crippen LogP contribution in [0.25, 0.3) is 0 Å². The van der Waals surface area contributed by atoms with Crippen LogP contribution in [0.1, 0.15) is 27.2 Å². The molecule has 1 N–H and O–H groups in total. The molecule has 2 rings (SSSR count). The van der Waals surface area contributed by atoms with E-state index in [4.69, 9.17) is 0 Å². The van der Waals surface area contributed by atoms with E-state index in [1.54, 1.807) is 4.90 Å². The molecular formula is C15H19BrN2O2. The summed E-state index contributed by atoms with van der Waals surface area (Å²) >= 11 is 3.47. The van der Waals surface area contributed by atoms with E-state index in [-0.39, 0.29) is 17.2 Å². The van der Waals surface area contributed by atoms with Gasteiger partial charge in [0.2, 0.25) is 11.8 Å². The lowest BCUT2D eigenvalue weighted by Gasteiger charge is -2.32. The number of rotatable bonds is 1. The van der Waals surface area contributed by atoms with Gasteiger partial charge in [-0.05, 0) is 33.5 Å².